The van der Waals surface area contributed by atoms with Crippen molar-refractivity contribution in [1.29, 1.82) is 0 Å². The highest BCUT2D eigenvalue weighted by Gasteiger charge is 2.16. The van der Waals surface area contributed by atoms with Gasteiger partial charge in [0.15, 0.2) is 0 Å². The van der Waals surface area contributed by atoms with Gasteiger partial charge in [-0.3, -0.25) is 10.1 Å². The summed E-state index contributed by atoms with van der Waals surface area (Å²) in [5.41, 5.74) is 5.21. The van der Waals surface area contributed by atoms with Crippen LogP contribution in [0.1, 0.15) is 6.92 Å². The van der Waals surface area contributed by atoms with Crippen LogP contribution in [0.4, 0.5) is 17.3 Å². The van der Waals surface area contributed by atoms with Gasteiger partial charge in [0.1, 0.15) is 17.7 Å². The zero-order chi connectivity index (χ0) is 13.0. The Kier molecular flexibility index (Phi) is 3.81. The summed E-state index contributed by atoms with van der Waals surface area (Å²) in [5, 5.41) is 13.2. The third kappa shape index (κ3) is 3.30. The number of nitro groups is 1. The van der Waals surface area contributed by atoms with Crippen LogP contribution in [0.3, 0.4) is 0 Å². The predicted octanol–water partition coefficient (Wildman–Crippen LogP) is 0.545. The summed E-state index contributed by atoms with van der Waals surface area (Å²) in [7, 11) is 1.25. The van der Waals surface area contributed by atoms with Gasteiger partial charge in [-0.05, 0) is 6.92 Å². The number of nitrogens with two attached hydrogens (primary N) is 1. The van der Waals surface area contributed by atoms with E-state index in [0.717, 1.165) is 6.07 Å². The van der Waals surface area contributed by atoms with Crippen molar-refractivity contribution in [2.75, 3.05) is 18.2 Å². The van der Waals surface area contributed by atoms with Crippen molar-refractivity contribution >= 4 is 23.3 Å². The van der Waals surface area contributed by atoms with Crippen molar-refractivity contribution < 1.29 is 14.5 Å². The highest BCUT2D eigenvalue weighted by molar-refractivity contribution is 5.78. The SMILES string of the molecule is COC(=O)C(C)Nc1cc([N+](=O)[O-])cc(N)n1. The van der Waals surface area contributed by atoms with Gasteiger partial charge in [0.25, 0.3) is 5.69 Å². The van der Waals surface area contributed by atoms with Crippen LogP contribution in [-0.4, -0.2) is 29.0 Å². The molecular formula is C9H12N4O4. The molecule has 1 aromatic rings. The summed E-state index contributed by atoms with van der Waals surface area (Å²) in [6, 6.07) is 1.65. The molecule has 0 saturated carbocycles. The highest BCUT2D eigenvalue weighted by Crippen LogP contribution is 2.19. The number of nitrogen functional groups attached to an aromatic ring is 1. The van der Waals surface area contributed by atoms with Gasteiger partial charge in [0, 0.05) is 0 Å². The van der Waals surface area contributed by atoms with Crippen molar-refractivity contribution in [1.82, 2.24) is 4.98 Å². The number of anilines is 2. The van der Waals surface area contributed by atoms with Gasteiger partial charge in [-0.25, -0.2) is 9.78 Å². The van der Waals surface area contributed by atoms with E-state index in [4.69, 9.17) is 5.73 Å². The number of hydrogen-bond donors (Lipinski definition) is 2. The number of ether oxygens (including phenoxy) is 1. The van der Waals surface area contributed by atoms with E-state index in [-0.39, 0.29) is 17.3 Å². The Morgan fingerprint density at radius 1 is 1.65 bits per heavy atom. The largest absolute Gasteiger partial charge is 0.467 e. The van der Waals surface area contributed by atoms with E-state index in [2.05, 4.69) is 15.0 Å². The van der Waals surface area contributed by atoms with E-state index in [1.165, 1.54) is 13.2 Å². The highest BCUT2D eigenvalue weighted by atomic mass is 16.6. The number of nitrogens with zero attached hydrogens (tertiary/aromatic N) is 2. The van der Waals surface area contributed by atoms with E-state index in [0.29, 0.717) is 0 Å². The number of esters is 1. The topological polar surface area (TPSA) is 120 Å². The Morgan fingerprint density at radius 2 is 2.29 bits per heavy atom. The molecule has 1 rings (SSSR count). The zero-order valence-corrected chi connectivity index (χ0v) is 9.34. The minimum atomic E-state index is -0.672. The number of carbonyl (C=O) groups is 1. The molecule has 0 spiro atoms. The van der Waals surface area contributed by atoms with Crippen LogP contribution in [0.25, 0.3) is 0 Å². The normalized spacial score (nSPS) is 11.6. The number of methoxy groups -OCH3 is 1. The molecule has 0 amide bonds. The number of nitrogens with one attached hydrogen (secondary N) is 1. The summed E-state index contributed by atoms with van der Waals surface area (Å²) < 4.78 is 4.50. The van der Waals surface area contributed by atoms with Crippen LogP contribution in [0.15, 0.2) is 12.1 Å². The van der Waals surface area contributed by atoms with E-state index < -0.39 is 16.9 Å². The molecule has 8 nitrogen and oxygen atoms in total. The second kappa shape index (κ2) is 5.10. The van der Waals surface area contributed by atoms with Gasteiger partial charge < -0.3 is 15.8 Å². The summed E-state index contributed by atoms with van der Waals surface area (Å²) in [4.78, 5) is 25.0. The lowest BCUT2D eigenvalue weighted by molar-refractivity contribution is -0.384. The summed E-state index contributed by atoms with van der Waals surface area (Å²) in [5.74, 6) is -0.356. The Bertz CT molecular complexity index is 449. The maximum Gasteiger partial charge on any atom is 0.328 e. The minimum absolute atomic E-state index is 0.00114. The van der Waals surface area contributed by atoms with Crippen molar-refractivity contribution in [3.63, 3.8) is 0 Å². The molecule has 0 aliphatic carbocycles. The van der Waals surface area contributed by atoms with Crippen LogP contribution in [0.5, 0.6) is 0 Å². The minimum Gasteiger partial charge on any atom is -0.467 e. The standard InChI is InChI=1S/C9H12N4O4/c1-5(9(14)17-2)11-8-4-6(13(15)16)3-7(10)12-8/h3-5H,1-2H3,(H3,10,11,12). The molecule has 0 aliphatic rings. The molecule has 0 aliphatic heterocycles. The van der Waals surface area contributed by atoms with Crippen molar-refractivity contribution in [2.45, 2.75) is 13.0 Å². The van der Waals surface area contributed by atoms with Crippen LogP contribution >= 0.6 is 0 Å². The Labute approximate surface area is 96.9 Å². The molecule has 0 saturated heterocycles. The molecule has 1 unspecified atom stereocenters. The first-order valence-electron chi connectivity index (χ1n) is 4.70. The fraction of sp³-hybridized carbons (Fsp3) is 0.333. The lowest BCUT2D eigenvalue weighted by Crippen LogP contribution is -2.27. The third-order valence-corrected chi connectivity index (χ3v) is 1.96. The Morgan fingerprint density at radius 3 is 2.82 bits per heavy atom. The average molecular weight is 240 g/mol. The monoisotopic (exact) mass is 240 g/mol. The fourth-order valence-electron chi connectivity index (χ4n) is 1.17. The summed E-state index contributed by atoms with van der Waals surface area (Å²) >= 11 is 0. The number of aromatic nitrogens is 1. The third-order valence-electron chi connectivity index (χ3n) is 1.96. The first-order chi connectivity index (χ1) is 7.93. The number of hydrogen-bond acceptors (Lipinski definition) is 7. The quantitative estimate of drug-likeness (QED) is 0.447. The summed E-state index contributed by atoms with van der Waals surface area (Å²) in [6.07, 6.45) is 0. The molecule has 1 aromatic heterocycles. The van der Waals surface area contributed by atoms with Gasteiger partial charge in [-0.1, -0.05) is 0 Å². The molecule has 92 valence electrons. The van der Waals surface area contributed by atoms with E-state index in [9.17, 15) is 14.9 Å². The fourth-order valence-corrected chi connectivity index (χ4v) is 1.17. The van der Waals surface area contributed by atoms with E-state index >= 15 is 0 Å². The number of carbonyl (C=O) groups excluding carboxylic acids is 1. The van der Waals surface area contributed by atoms with E-state index in [1.54, 1.807) is 6.92 Å². The smallest absolute Gasteiger partial charge is 0.328 e. The molecule has 1 atom stereocenters. The maximum atomic E-state index is 11.1. The van der Waals surface area contributed by atoms with Gasteiger partial charge in [-0.2, -0.15) is 0 Å². The van der Waals surface area contributed by atoms with Gasteiger partial charge in [-0.15, -0.1) is 0 Å². The van der Waals surface area contributed by atoms with Crippen molar-refractivity contribution in [3.05, 3.63) is 22.2 Å². The van der Waals surface area contributed by atoms with Crippen molar-refractivity contribution in [3.8, 4) is 0 Å². The molecule has 3 N–H and O–H groups in total. The first-order valence-corrected chi connectivity index (χ1v) is 4.70. The summed E-state index contributed by atoms with van der Waals surface area (Å²) in [6.45, 7) is 1.54. The van der Waals surface area contributed by atoms with Gasteiger partial charge in [0.05, 0.1) is 24.2 Å². The lowest BCUT2D eigenvalue weighted by Gasteiger charge is -2.12. The van der Waals surface area contributed by atoms with Crippen LogP contribution in [-0.2, 0) is 9.53 Å². The van der Waals surface area contributed by atoms with Gasteiger partial charge >= 0.3 is 5.97 Å². The second-order valence-corrected chi connectivity index (χ2v) is 3.28. The zero-order valence-electron chi connectivity index (χ0n) is 9.34. The van der Waals surface area contributed by atoms with Crippen LogP contribution < -0.4 is 11.1 Å². The molecule has 8 heteroatoms. The first kappa shape index (κ1) is 12.7. The lowest BCUT2D eigenvalue weighted by atomic mass is 10.3. The maximum absolute atomic E-state index is 11.1. The molecular weight excluding hydrogens is 228 g/mol. The van der Waals surface area contributed by atoms with Crippen molar-refractivity contribution in [2.24, 2.45) is 0 Å². The van der Waals surface area contributed by atoms with Crippen LogP contribution in [0.2, 0.25) is 0 Å². The molecule has 17 heavy (non-hydrogen) atoms. The molecule has 0 radical (unpaired) electrons. The molecule has 0 fully saturated rings. The van der Waals surface area contributed by atoms with Gasteiger partial charge in [0.2, 0.25) is 0 Å². The number of pyridine rings is 1. The molecule has 0 aromatic carbocycles. The number of rotatable bonds is 4. The Hall–Kier alpha value is -2.38. The second-order valence-electron chi connectivity index (χ2n) is 3.28. The average Bonchev–Trinajstić information content (AvgIpc) is 2.26. The molecule has 0 bridgehead atoms. The Balaban J connectivity index is 2.91. The van der Waals surface area contributed by atoms with E-state index in [1.807, 2.05) is 0 Å². The molecule has 1 heterocycles. The predicted molar refractivity (Wildman–Crippen MR) is 60.4 cm³/mol. The van der Waals surface area contributed by atoms with Crippen LogP contribution in [0, 0.1) is 10.1 Å².